The quantitative estimate of drug-likeness (QED) is 0.260. The molecule has 126 valence electrons. The Morgan fingerprint density at radius 2 is 2.09 bits per heavy atom. The van der Waals surface area contributed by atoms with Gasteiger partial charge in [-0.15, -0.1) is 0 Å². The minimum absolute atomic E-state index is 0.170. The summed E-state index contributed by atoms with van der Waals surface area (Å²) in [5, 5.41) is 0. The molecule has 2 aliphatic rings. The summed E-state index contributed by atoms with van der Waals surface area (Å²) in [7, 11) is 0. The van der Waals surface area contributed by atoms with Crippen molar-refractivity contribution in [3.63, 3.8) is 0 Å². The average molecular weight is 418 g/mol. The predicted octanol–water partition coefficient (Wildman–Crippen LogP) is 0.744. The number of hydrogen-bond acceptors (Lipinski definition) is 3. The van der Waals surface area contributed by atoms with Crippen LogP contribution in [0.4, 0.5) is 0 Å². The van der Waals surface area contributed by atoms with Crippen molar-refractivity contribution in [2.75, 3.05) is 4.43 Å². The Balaban J connectivity index is 1.68. The summed E-state index contributed by atoms with van der Waals surface area (Å²) in [5.74, 6) is 2.09. The number of nitrogens with two attached hydrogens (primary N) is 1. The van der Waals surface area contributed by atoms with E-state index in [0.717, 1.165) is 38.5 Å². The van der Waals surface area contributed by atoms with E-state index in [1.807, 2.05) is 6.08 Å². The fourth-order valence-corrected chi connectivity index (χ4v) is 4.35. The molecule has 0 aliphatic heterocycles. The second kappa shape index (κ2) is 8.94. The van der Waals surface area contributed by atoms with E-state index < -0.39 is 0 Å². The van der Waals surface area contributed by atoms with Gasteiger partial charge in [0.05, 0.1) is 0 Å². The van der Waals surface area contributed by atoms with E-state index in [4.69, 9.17) is 10.5 Å². The zero-order valence-corrected chi connectivity index (χ0v) is 16.0. The first-order valence-corrected chi connectivity index (χ1v) is 11.3. The predicted molar refractivity (Wildman–Crippen MR) is 85.7 cm³/mol. The molecule has 2 fully saturated rings. The summed E-state index contributed by atoms with van der Waals surface area (Å²) in [5.41, 5.74) is 7.22. The van der Waals surface area contributed by atoms with Crippen molar-refractivity contribution in [3.8, 4) is 0 Å². The molecule has 0 aromatic carbocycles. The van der Waals surface area contributed by atoms with Crippen LogP contribution in [0.25, 0.3) is 0 Å². The number of hydrogen-bond donors (Lipinski definition) is 1. The standard InChI is InChI=1S/C18H29INO2/c1-3-19-12-13(2)10-18(20)22-16-8-4-14(11-16)5-9-17(21)15-6-7-15/h10,12,14-16H,3-9,11,20H2,1-2H3/q-1/b13-12-,18-10+/t14?,16-/m1/s1. The maximum absolute atomic E-state index is 11.8. The van der Waals surface area contributed by atoms with Gasteiger partial charge in [0.25, 0.3) is 0 Å². The molecule has 4 heteroatoms. The summed E-state index contributed by atoms with van der Waals surface area (Å²) < 4.78 is 9.44. The van der Waals surface area contributed by atoms with Gasteiger partial charge in [-0.2, -0.15) is 0 Å². The molecule has 22 heavy (non-hydrogen) atoms. The van der Waals surface area contributed by atoms with Gasteiger partial charge in [-0.1, -0.05) is 0 Å². The summed E-state index contributed by atoms with van der Waals surface area (Å²) in [6.45, 7) is 4.31. The molecule has 1 unspecified atom stereocenters. The van der Waals surface area contributed by atoms with Gasteiger partial charge in [-0.3, -0.25) is 0 Å². The van der Waals surface area contributed by atoms with Crippen LogP contribution in [0.3, 0.4) is 0 Å². The van der Waals surface area contributed by atoms with Crippen LogP contribution in [0, 0.1) is 11.8 Å². The van der Waals surface area contributed by atoms with Crippen LogP contribution in [0.2, 0.25) is 0 Å². The maximum atomic E-state index is 11.8. The van der Waals surface area contributed by atoms with Gasteiger partial charge in [0.15, 0.2) is 0 Å². The molecule has 0 radical (unpaired) electrons. The second-order valence-corrected chi connectivity index (χ2v) is 9.55. The zero-order chi connectivity index (χ0) is 15.9. The SMILES string of the molecule is CC[I-]/C=C(C)\C=C(/N)O[C@@H]1CCC(CCC(=O)C2CC2)C1. The van der Waals surface area contributed by atoms with Gasteiger partial charge >= 0.3 is 132 Å². The van der Waals surface area contributed by atoms with E-state index in [2.05, 4.69) is 17.9 Å². The molecule has 0 spiro atoms. The van der Waals surface area contributed by atoms with E-state index in [1.165, 1.54) is 16.4 Å². The fraction of sp³-hybridized carbons (Fsp3) is 0.722. The third-order valence-corrected chi connectivity index (χ3v) is 6.70. The van der Waals surface area contributed by atoms with Crippen LogP contribution in [0.15, 0.2) is 21.6 Å². The minimum atomic E-state index is 0.170. The first-order chi connectivity index (χ1) is 10.6. The molecule has 2 saturated carbocycles. The Morgan fingerprint density at radius 1 is 1.32 bits per heavy atom. The third-order valence-electron chi connectivity index (χ3n) is 4.40. The van der Waals surface area contributed by atoms with Crippen molar-refractivity contribution in [3.05, 3.63) is 21.6 Å². The molecule has 0 bridgehead atoms. The van der Waals surface area contributed by atoms with Gasteiger partial charge in [0.2, 0.25) is 0 Å². The molecule has 0 amide bonds. The van der Waals surface area contributed by atoms with E-state index in [-0.39, 0.29) is 27.3 Å². The summed E-state index contributed by atoms with van der Waals surface area (Å²) in [4.78, 5) is 11.8. The Hall–Kier alpha value is -0.520. The number of carbonyl (C=O) groups excluding carboxylic acids is 1. The molecule has 0 saturated heterocycles. The number of rotatable bonds is 9. The normalized spacial score (nSPS) is 26.5. The number of carbonyl (C=O) groups is 1. The number of ketones is 1. The molecule has 3 nitrogen and oxygen atoms in total. The average Bonchev–Trinajstić information content (AvgIpc) is 3.24. The number of Topliss-reactive ketones (excluding diaryl/α,β-unsaturated/α-hetero) is 1. The molecule has 2 aliphatic carbocycles. The van der Waals surface area contributed by atoms with E-state index in [0.29, 0.717) is 23.5 Å². The van der Waals surface area contributed by atoms with Crippen molar-refractivity contribution in [1.29, 1.82) is 0 Å². The molecule has 2 atom stereocenters. The topological polar surface area (TPSA) is 52.3 Å². The van der Waals surface area contributed by atoms with Crippen molar-refractivity contribution in [2.24, 2.45) is 17.6 Å². The number of halogens is 1. The van der Waals surface area contributed by atoms with Crippen LogP contribution >= 0.6 is 0 Å². The summed E-state index contributed by atoms with van der Waals surface area (Å²) in [6.07, 6.45) is 9.57. The van der Waals surface area contributed by atoms with E-state index in [1.54, 1.807) is 0 Å². The van der Waals surface area contributed by atoms with Crippen LogP contribution in [-0.2, 0) is 9.53 Å². The monoisotopic (exact) mass is 418 g/mol. The second-order valence-electron chi connectivity index (χ2n) is 6.52. The zero-order valence-electron chi connectivity index (χ0n) is 13.8. The van der Waals surface area contributed by atoms with Gasteiger partial charge in [-0.25, -0.2) is 0 Å². The van der Waals surface area contributed by atoms with Crippen molar-refractivity contribution in [2.45, 2.75) is 64.9 Å². The van der Waals surface area contributed by atoms with E-state index >= 15 is 0 Å². The number of allylic oxidation sites excluding steroid dienone is 2. The molecular weight excluding hydrogens is 389 g/mol. The number of ether oxygens (including phenoxy) is 1. The van der Waals surface area contributed by atoms with Crippen LogP contribution in [0.1, 0.15) is 58.8 Å². The Bertz CT molecular complexity index is 440. The molecule has 2 rings (SSSR count). The summed E-state index contributed by atoms with van der Waals surface area (Å²) >= 11 is 0.170. The fourth-order valence-electron chi connectivity index (χ4n) is 3.04. The van der Waals surface area contributed by atoms with Gasteiger partial charge in [0, 0.05) is 0 Å². The number of alkyl halides is 1. The summed E-state index contributed by atoms with van der Waals surface area (Å²) in [6, 6.07) is 0. The molecule has 0 aromatic heterocycles. The van der Waals surface area contributed by atoms with Crippen molar-refractivity contribution in [1.82, 2.24) is 0 Å². The van der Waals surface area contributed by atoms with Gasteiger partial charge < -0.3 is 0 Å². The Morgan fingerprint density at radius 3 is 2.77 bits per heavy atom. The molecule has 0 aromatic rings. The van der Waals surface area contributed by atoms with Crippen LogP contribution in [-0.4, -0.2) is 16.3 Å². The molecular formula is C18H29INO2-. The van der Waals surface area contributed by atoms with Crippen molar-refractivity contribution >= 4 is 5.78 Å². The Labute approximate surface area is 145 Å². The van der Waals surface area contributed by atoms with Gasteiger partial charge in [-0.05, 0) is 12.8 Å². The Kier molecular flexibility index (Phi) is 7.25. The van der Waals surface area contributed by atoms with Crippen LogP contribution in [0.5, 0.6) is 0 Å². The van der Waals surface area contributed by atoms with Crippen molar-refractivity contribution < 1.29 is 30.7 Å². The molecule has 2 N–H and O–H groups in total. The first-order valence-electron chi connectivity index (χ1n) is 8.49. The third kappa shape index (κ3) is 6.31. The van der Waals surface area contributed by atoms with Gasteiger partial charge in [0.1, 0.15) is 0 Å². The van der Waals surface area contributed by atoms with E-state index in [9.17, 15) is 4.79 Å². The molecule has 0 heterocycles. The van der Waals surface area contributed by atoms with Crippen LogP contribution < -0.4 is 26.9 Å². The first kappa shape index (κ1) is 17.8.